The van der Waals surface area contributed by atoms with Crippen LogP contribution in [0.4, 0.5) is 0 Å². The van der Waals surface area contributed by atoms with Gasteiger partial charge in [-0.1, -0.05) is 331 Å². The minimum atomic E-state index is -0.167. The van der Waals surface area contributed by atoms with Crippen molar-refractivity contribution in [3.05, 3.63) is 226 Å². The topological polar surface area (TPSA) is 25.8 Å². The maximum atomic E-state index is 5.30. The molecule has 0 aliphatic rings. The van der Waals surface area contributed by atoms with Crippen molar-refractivity contribution in [2.75, 3.05) is 0 Å². The van der Waals surface area contributed by atoms with Gasteiger partial charge in [0.25, 0.3) is 0 Å². The lowest BCUT2D eigenvalue weighted by molar-refractivity contribution is 0.438. The average Bonchev–Trinajstić information content (AvgIpc) is 1.15. The van der Waals surface area contributed by atoms with E-state index in [4.69, 9.17) is 8.75 Å². The SMILES string of the molecule is CCCCC(CC)Cc1cc(-c2c3ccccc3c3cc4ccc5c(-c6cc(CC(CC)CCCC)c(-c7cc(CC(CC)CCCC)c(C(CC)(CC)c8ccccc8)s7)s6)c6ccccc6c6cc7ccc2c3c7c4c56)sc1-c1cc(CC(CC)CCCC)c(-c2ccc(C(CC)(CC)c3ccccc3)c3nsnc23)s1. The van der Waals surface area contributed by atoms with Gasteiger partial charge in [0.1, 0.15) is 11.0 Å². The molecule has 582 valence electrons. The summed E-state index contributed by atoms with van der Waals surface area (Å²) in [6.45, 7) is 28.9. The highest BCUT2D eigenvalue weighted by atomic mass is 32.1. The third-order valence-electron chi connectivity index (χ3n) is 27.4. The third-order valence-corrected chi connectivity index (χ3v) is 33.3. The molecular formula is C106H118N2S5. The number of rotatable bonds is 37. The predicted molar refractivity (Wildman–Crippen MR) is 505 cm³/mol. The molecule has 0 spiro atoms. The fraction of sp³-hybridized carbons (Fsp3) is 0.396. The Morgan fingerprint density at radius 3 is 1.13 bits per heavy atom. The molecule has 0 aliphatic heterocycles. The Labute approximate surface area is 694 Å². The van der Waals surface area contributed by atoms with Crippen molar-refractivity contribution in [1.29, 1.82) is 0 Å². The van der Waals surface area contributed by atoms with Gasteiger partial charge in [-0.15, -0.1) is 45.3 Å². The van der Waals surface area contributed by atoms with E-state index >= 15 is 0 Å². The molecule has 113 heavy (non-hydrogen) atoms. The first-order chi connectivity index (χ1) is 55.4. The van der Waals surface area contributed by atoms with E-state index in [2.05, 4.69) is 299 Å². The number of aromatic nitrogens is 2. The molecule has 0 bridgehead atoms. The van der Waals surface area contributed by atoms with Gasteiger partial charge in [0.05, 0.1) is 11.7 Å². The number of hydrogen-bond donors (Lipinski definition) is 0. The minimum Gasteiger partial charge on any atom is -0.173 e. The molecule has 0 N–H and O–H groups in total. The van der Waals surface area contributed by atoms with E-state index in [0.717, 1.165) is 62.4 Å². The number of benzene rings is 11. The first kappa shape index (κ1) is 79.2. The maximum absolute atomic E-state index is 5.30. The van der Waals surface area contributed by atoms with E-state index in [1.807, 2.05) is 11.3 Å². The molecule has 0 saturated heterocycles. The van der Waals surface area contributed by atoms with Gasteiger partial charge in [-0.05, 0) is 226 Å². The van der Waals surface area contributed by atoms with Crippen molar-refractivity contribution in [3.63, 3.8) is 0 Å². The van der Waals surface area contributed by atoms with E-state index in [1.165, 1.54) is 269 Å². The summed E-state index contributed by atoms with van der Waals surface area (Å²) in [4.78, 5) is 11.6. The second-order valence-electron chi connectivity index (χ2n) is 33.6. The van der Waals surface area contributed by atoms with Crippen LogP contribution in [0.15, 0.2) is 182 Å². The molecule has 0 radical (unpaired) electrons. The molecule has 5 heterocycles. The molecule has 16 rings (SSSR count). The highest BCUT2D eigenvalue weighted by Crippen LogP contribution is 2.58. The van der Waals surface area contributed by atoms with E-state index in [9.17, 15) is 0 Å². The van der Waals surface area contributed by atoms with Crippen molar-refractivity contribution in [1.82, 2.24) is 8.75 Å². The summed E-state index contributed by atoms with van der Waals surface area (Å²) in [6.07, 6.45) is 28.3. The molecule has 4 unspecified atom stereocenters. The van der Waals surface area contributed by atoms with E-state index in [-0.39, 0.29) is 10.8 Å². The zero-order valence-electron chi connectivity index (χ0n) is 69.5. The second kappa shape index (κ2) is 34.7. The summed E-state index contributed by atoms with van der Waals surface area (Å²) in [5, 5.41) is 19.1. The highest BCUT2D eigenvalue weighted by molar-refractivity contribution is 7.26. The van der Waals surface area contributed by atoms with Crippen LogP contribution in [-0.2, 0) is 36.5 Å². The van der Waals surface area contributed by atoms with Gasteiger partial charge in [0.15, 0.2) is 0 Å². The van der Waals surface area contributed by atoms with E-state index in [1.54, 1.807) is 16.0 Å². The summed E-state index contributed by atoms with van der Waals surface area (Å²) in [7, 11) is 0. The summed E-state index contributed by atoms with van der Waals surface area (Å²) in [5.41, 5.74) is 16.2. The summed E-state index contributed by atoms with van der Waals surface area (Å²) < 4.78 is 10.6. The van der Waals surface area contributed by atoms with Crippen LogP contribution in [0, 0.1) is 23.7 Å². The Morgan fingerprint density at radius 1 is 0.310 bits per heavy atom. The van der Waals surface area contributed by atoms with E-state index in [0.29, 0.717) is 23.7 Å². The van der Waals surface area contributed by atoms with Crippen LogP contribution in [0.5, 0.6) is 0 Å². The normalized spacial score (nSPS) is 13.7. The zero-order valence-corrected chi connectivity index (χ0v) is 73.6. The molecule has 0 saturated carbocycles. The van der Waals surface area contributed by atoms with Gasteiger partial charge in [-0.25, -0.2) is 0 Å². The third kappa shape index (κ3) is 14.4. The quantitative estimate of drug-likeness (QED) is 0.0286. The monoisotopic (exact) mass is 1580 g/mol. The van der Waals surface area contributed by atoms with Gasteiger partial charge in [0, 0.05) is 66.5 Å². The van der Waals surface area contributed by atoms with Crippen LogP contribution >= 0.6 is 57.1 Å². The molecular weight excluding hydrogens is 1460 g/mol. The fourth-order valence-corrected chi connectivity index (χ4v) is 26.8. The molecule has 16 aromatic rings. The van der Waals surface area contributed by atoms with Crippen LogP contribution < -0.4 is 0 Å². The van der Waals surface area contributed by atoms with Gasteiger partial charge >= 0.3 is 0 Å². The van der Waals surface area contributed by atoms with Crippen LogP contribution in [0.25, 0.3) is 137 Å². The average molecular weight is 1580 g/mol. The Bertz CT molecular complexity index is 5920. The fourth-order valence-electron chi connectivity index (χ4n) is 20.7. The maximum Gasteiger partial charge on any atom is 0.113 e. The molecule has 5 aromatic heterocycles. The first-order valence-electron chi connectivity index (χ1n) is 44.1. The van der Waals surface area contributed by atoms with Gasteiger partial charge in [-0.2, -0.15) is 8.75 Å². The van der Waals surface area contributed by atoms with Gasteiger partial charge in [0.2, 0.25) is 0 Å². The summed E-state index contributed by atoms with van der Waals surface area (Å²) in [6, 6.07) is 72.8. The van der Waals surface area contributed by atoms with Gasteiger partial charge in [-0.3, -0.25) is 0 Å². The van der Waals surface area contributed by atoms with Crippen LogP contribution in [-0.4, -0.2) is 8.75 Å². The van der Waals surface area contributed by atoms with Crippen molar-refractivity contribution in [2.24, 2.45) is 23.7 Å². The Kier molecular flexibility index (Phi) is 24.3. The predicted octanol–water partition coefficient (Wildman–Crippen LogP) is 34.5. The number of nitrogens with zero attached hydrogens (tertiary/aromatic N) is 2. The molecule has 0 amide bonds. The number of thiophene rings is 4. The molecule has 0 fully saturated rings. The Balaban J connectivity index is 0.904. The summed E-state index contributed by atoms with van der Waals surface area (Å²) in [5.74, 6) is 2.48. The number of hydrogen-bond acceptors (Lipinski definition) is 7. The van der Waals surface area contributed by atoms with Crippen molar-refractivity contribution in [2.45, 2.75) is 248 Å². The minimum absolute atomic E-state index is 0.0532. The van der Waals surface area contributed by atoms with Crippen molar-refractivity contribution < 1.29 is 0 Å². The lowest BCUT2D eigenvalue weighted by Crippen LogP contribution is -2.26. The molecule has 0 aliphatic carbocycles. The van der Waals surface area contributed by atoms with Gasteiger partial charge < -0.3 is 0 Å². The van der Waals surface area contributed by atoms with Crippen molar-refractivity contribution >= 4 is 144 Å². The number of unbranched alkanes of at least 4 members (excludes halogenated alkanes) is 4. The zero-order chi connectivity index (χ0) is 78.1. The van der Waals surface area contributed by atoms with Crippen LogP contribution in [0.1, 0.15) is 255 Å². The summed E-state index contributed by atoms with van der Waals surface area (Å²) >= 11 is 9.76. The first-order valence-corrected chi connectivity index (χ1v) is 48.1. The van der Waals surface area contributed by atoms with Crippen molar-refractivity contribution in [3.8, 4) is 50.8 Å². The highest BCUT2D eigenvalue weighted by Gasteiger charge is 2.38. The van der Waals surface area contributed by atoms with Crippen LogP contribution in [0.2, 0.25) is 0 Å². The van der Waals surface area contributed by atoms with E-state index < -0.39 is 0 Å². The number of fused-ring (bicyclic) bond motifs is 5. The Morgan fingerprint density at radius 2 is 0.690 bits per heavy atom. The van der Waals surface area contributed by atoms with Crippen LogP contribution in [0.3, 0.4) is 0 Å². The smallest absolute Gasteiger partial charge is 0.113 e. The molecule has 11 aromatic carbocycles. The Hall–Kier alpha value is -7.62. The molecule has 2 nitrogen and oxygen atoms in total. The lowest BCUT2D eigenvalue weighted by Gasteiger charge is -2.33. The standard InChI is InChI=1S/C106H118N2S5/c1-13-25-39-67(17-5)57-73-65-91(111-101(73)85-55-56-88(100-99(85)107-113-108-100)105(21-9,22-10)77-43-31-29-32-44-77)102-74(58-68(18-6)40-26-14-2)63-89(109-102)95-81-49-37-35-47-79(81)86-61-72-52-54-84-96(82-50-38-36-48-80(82)87-62-71-51-53-83(95)97(86)93(71)94(72)98(84)87)90-64-75(59-69(19-7)41-27-15-3)103(110-90)92-66-76(60-70(20-8)42-28-16-4)104(112-92)106(23-11,24-12)78-45-33-30-34-46-78/h29-38,43-56,61-70H,13-28,39-42,57-60H2,1-12H3. The largest absolute Gasteiger partial charge is 0.173 e. The molecule has 4 atom stereocenters. The second-order valence-corrected chi connectivity index (χ2v) is 38.4. The lowest BCUT2D eigenvalue weighted by atomic mass is 9.70. The molecule has 7 heteroatoms.